The van der Waals surface area contributed by atoms with E-state index in [1.54, 1.807) is 0 Å². The van der Waals surface area contributed by atoms with Crippen molar-refractivity contribution in [3.05, 3.63) is 22.6 Å². The summed E-state index contributed by atoms with van der Waals surface area (Å²) in [6.45, 7) is 0.585. The fraction of sp³-hybridized carbons (Fsp3) is 0.625. The molecule has 0 aromatic carbocycles. The molecule has 10 heteroatoms. The maximum Gasteiger partial charge on any atom is 0.381 e. The van der Waals surface area contributed by atoms with Crippen LogP contribution in [0.25, 0.3) is 0 Å². The van der Waals surface area contributed by atoms with Crippen molar-refractivity contribution in [2.45, 2.75) is 6.54 Å². The Morgan fingerprint density at radius 3 is 2.89 bits per heavy atom. The first-order valence-electron chi connectivity index (χ1n) is 5.07. The smallest absolute Gasteiger partial charge is 0.381 e. The highest BCUT2D eigenvalue weighted by molar-refractivity contribution is 7.89. The summed E-state index contributed by atoms with van der Waals surface area (Å²) in [6, 6.07) is 0. The number of imidazole rings is 1. The highest BCUT2D eigenvalue weighted by Crippen LogP contribution is 2.05. The van der Waals surface area contributed by atoms with Gasteiger partial charge in [-0.3, -0.25) is 0 Å². The second-order valence-electron chi connectivity index (χ2n) is 3.43. The maximum atomic E-state index is 11.5. The van der Waals surface area contributed by atoms with Crippen molar-refractivity contribution in [3.63, 3.8) is 0 Å². The molecule has 18 heavy (non-hydrogen) atoms. The molecule has 0 radical (unpaired) electrons. The van der Waals surface area contributed by atoms with E-state index in [1.807, 2.05) is 0 Å². The van der Waals surface area contributed by atoms with E-state index in [-0.39, 0.29) is 31.3 Å². The molecule has 0 saturated heterocycles. The lowest BCUT2D eigenvalue weighted by Crippen LogP contribution is -2.30. The van der Waals surface area contributed by atoms with Crippen LogP contribution in [0.4, 0.5) is 5.82 Å². The van der Waals surface area contributed by atoms with Crippen molar-refractivity contribution < 1.29 is 18.1 Å². The van der Waals surface area contributed by atoms with Crippen molar-refractivity contribution in [2.24, 2.45) is 0 Å². The number of rotatable bonds is 8. The summed E-state index contributed by atoms with van der Waals surface area (Å²) in [5.41, 5.74) is 0. The normalized spacial score (nSPS) is 11.6. The Morgan fingerprint density at radius 2 is 2.33 bits per heavy atom. The first-order chi connectivity index (χ1) is 8.44. The molecule has 0 unspecified atom stereocenters. The lowest BCUT2D eigenvalue weighted by molar-refractivity contribution is -0.389. The van der Waals surface area contributed by atoms with Gasteiger partial charge in [0.1, 0.15) is 6.20 Å². The summed E-state index contributed by atoms with van der Waals surface area (Å²) in [5.74, 6) is -0.482. The van der Waals surface area contributed by atoms with Crippen LogP contribution in [0.3, 0.4) is 0 Å². The van der Waals surface area contributed by atoms with Gasteiger partial charge >= 0.3 is 5.82 Å². The molecule has 0 saturated carbocycles. The van der Waals surface area contributed by atoms with Crippen LogP contribution in [-0.4, -0.2) is 48.9 Å². The molecule has 1 aromatic heterocycles. The fourth-order valence-electron chi connectivity index (χ4n) is 1.16. The molecule has 0 aliphatic carbocycles. The first kappa shape index (κ1) is 14.5. The highest BCUT2D eigenvalue weighted by Gasteiger charge is 2.13. The zero-order valence-electron chi connectivity index (χ0n) is 9.77. The quantitative estimate of drug-likeness (QED) is 0.384. The van der Waals surface area contributed by atoms with Crippen LogP contribution in [0.5, 0.6) is 0 Å². The van der Waals surface area contributed by atoms with Gasteiger partial charge in [-0.1, -0.05) is 0 Å². The van der Waals surface area contributed by atoms with Crippen LogP contribution >= 0.6 is 0 Å². The van der Waals surface area contributed by atoms with Gasteiger partial charge in [0.2, 0.25) is 16.4 Å². The Bertz CT molecular complexity index is 497. The van der Waals surface area contributed by atoms with E-state index >= 15 is 0 Å². The molecule has 0 aliphatic heterocycles. The number of ether oxygens (including phenoxy) is 1. The summed E-state index contributed by atoms with van der Waals surface area (Å²) >= 11 is 0. The third-order valence-electron chi connectivity index (χ3n) is 2.05. The number of aromatic nitrogens is 2. The summed E-state index contributed by atoms with van der Waals surface area (Å²) < 4.78 is 31.4. The van der Waals surface area contributed by atoms with Gasteiger partial charge < -0.3 is 19.4 Å². The molecular weight excluding hydrogens is 264 g/mol. The molecule has 102 valence electrons. The highest BCUT2D eigenvalue weighted by atomic mass is 32.2. The predicted molar refractivity (Wildman–Crippen MR) is 62.5 cm³/mol. The molecule has 0 bridgehead atoms. The topological polar surface area (TPSA) is 116 Å². The Labute approximate surface area is 104 Å². The van der Waals surface area contributed by atoms with E-state index < -0.39 is 14.9 Å². The molecule has 1 N–H and O–H groups in total. The van der Waals surface area contributed by atoms with Crippen molar-refractivity contribution >= 4 is 15.8 Å². The Kier molecular flexibility index (Phi) is 5.19. The van der Waals surface area contributed by atoms with Gasteiger partial charge in [-0.2, -0.15) is 0 Å². The van der Waals surface area contributed by atoms with E-state index in [0.717, 1.165) is 0 Å². The van der Waals surface area contributed by atoms with E-state index in [4.69, 9.17) is 4.74 Å². The molecule has 0 fully saturated rings. The number of nitrogens with one attached hydrogen (secondary N) is 1. The number of sulfonamides is 1. The maximum absolute atomic E-state index is 11.5. The number of methoxy groups -OCH3 is 1. The lowest BCUT2D eigenvalue weighted by Gasteiger charge is -2.05. The molecule has 0 aliphatic rings. The number of nitrogens with zero attached hydrogens (tertiary/aromatic N) is 3. The predicted octanol–water partition coefficient (Wildman–Crippen LogP) is -0.643. The SMILES string of the molecule is COCCNS(=O)(=O)CCn1cnc([N+](=O)[O-])c1. The average molecular weight is 278 g/mol. The zero-order chi connectivity index (χ0) is 13.6. The van der Waals surface area contributed by atoms with E-state index in [9.17, 15) is 18.5 Å². The molecule has 1 aromatic rings. The van der Waals surface area contributed by atoms with Crippen LogP contribution in [0.1, 0.15) is 0 Å². The number of nitro groups is 1. The molecular formula is C8H14N4O5S. The van der Waals surface area contributed by atoms with Crippen molar-refractivity contribution in [3.8, 4) is 0 Å². The largest absolute Gasteiger partial charge is 0.383 e. The lowest BCUT2D eigenvalue weighted by atomic mass is 10.7. The van der Waals surface area contributed by atoms with Crippen LogP contribution < -0.4 is 4.72 Å². The van der Waals surface area contributed by atoms with Crippen LogP contribution in [0.15, 0.2) is 12.5 Å². The average Bonchev–Trinajstić information content (AvgIpc) is 2.75. The third-order valence-corrected chi connectivity index (χ3v) is 3.42. The van der Waals surface area contributed by atoms with Crippen LogP contribution in [0, 0.1) is 10.1 Å². The van der Waals surface area contributed by atoms with Gasteiger partial charge in [-0.05, 0) is 9.91 Å². The van der Waals surface area contributed by atoms with Gasteiger partial charge in [0, 0.05) is 20.2 Å². The molecule has 0 atom stereocenters. The minimum atomic E-state index is -3.41. The number of aryl methyl sites for hydroxylation is 1. The van der Waals surface area contributed by atoms with Gasteiger partial charge in [0.05, 0.1) is 12.4 Å². The Morgan fingerprint density at radius 1 is 1.61 bits per heavy atom. The molecule has 0 amide bonds. The van der Waals surface area contributed by atoms with Gasteiger partial charge in [0.25, 0.3) is 0 Å². The monoisotopic (exact) mass is 278 g/mol. The Balaban J connectivity index is 2.46. The number of hydrogen-bond donors (Lipinski definition) is 1. The van der Waals surface area contributed by atoms with Crippen LogP contribution in [0.2, 0.25) is 0 Å². The van der Waals surface area contributed by atoms with E-state index in [1.165, 1.54) is 24.2 Å². The summed E-state index contributed by atoms with van der Waals surface area (Å²) in [4.78, 5) is 13.3. The van der Waals surface area contributed by atoms with Crippen molar-refractivity contribution in [1.82, 2.24) is 14.3 Å². The molecule has 1 rings (SSSR count). The third kappa shape index (κ3) is 4.77. The minimum Gasteiger partial charge on any atom is -0.383 e. The summed E-state index contributed by atoms with van der Waals surface area (Å²) in [6.07, 6.45) is 2.41. The van der Waals surface area contributed by atoms with Crippen LogP contribution in [-0.2, 0) is 21.3 Å². The van der Waals surface area contributed by atoms with Gasteiger partial charge in [-0.25, -0.2) is 13.1 Å². The second-order valence-corrected chi connectivity index (χ2v) is 5.36. The number of hydrogen-bond acceptors (Lipinski definition) is 6. The Hall–Kier alpha value is -1.52. The van der Waals surface area contributed by atoms with E-state index in [2.05, 4.69) is 9.71 Å². The van der Waals surface area contributed by atoms with E-state index in [0.29, 0.717) is 0 Å². The molecule has 0 spiro atoms. The summed E-state index contributed by atoms with van der Waals surface area (Å²) in [5, 5.41) is 10.4. The second kappa shape index (κ2) is 6.42. The van der Waals surface area contributed by atoms with Gasteiger partial charge in [-0.15, -0.1) is 0 Å². The summed E-state index contributed by atoms with van der Waals surface area (Å²) in [7, 11) is -1.94. The van der Waals surface area contributed by atoms with Gasteiger partial charge in [0.15, 0.2) is 0 Å². The molecule has 9 nitrogen and oxygen atoms in total. The zero-order valence-corrected chi connectivity index (χ0v) is 10.6. The molecule has 1 heterocycles. The minimum absolute atomic E-state index is 0.100. The van der Waals surface area contributed by atoms with Crippen molar-refractivity contribution in [1.29, 1.82) is 0 Å². The first-order valence-corrected chi connectivity index (χ1v) is 6.72. The van der Waals surface area contributed by atoms with Crippen molar-refractivity contribution in [2.75, 3.05) is 26.0 Å². The fourth-order valence-corrected chi connectivity index (χ4v) is 2.15. The standard InChI is InChI=1S/C8H14N4O5S/c1-17-4-2-10-18(15,16)5-3-11-6-8(9-7-11)12(13)14/h6-7,10H,2-5H2,1H3.